The Kier molecular flexibility index (Phi) is 7.62. The van der Waals surface area contributed by atoms with Gasteiger partial charge in [-0.15, -0.1) is 0 Å². The molecule has 124 valence electrons. The summed E-state index contributed by atoms with van der Waals surface area (Å²) in [5.41, 5.74) is 4.08. The van der Waals surface area contributed by atoms with Crippen LogP contribution in [0.4, 0.5) is 0 Å². The maximum absolute atomic E-state index is 11.5. The standard InChI is InChI=1S/C14H17N3O6/c18-11(6-7-14(21)22)16-17-12(19)8-15-13(20)9-23-10-4-2-1-3-5-10/h1-5H,6-9H2,(H,15,20)(H,16,18)(H,17,19)(H,21,22). The van der Waals surface area contributed by atoms with Crippen molar-refractivity contribution in [3.8, 4) is 5.75 Å². The van der Waals surface area contributed by atoms with Crippen molar-refractivity contribution in [1.82, 2.24) is 16.2 Å². The molecular formula is C14H17N3O6. The van der Waals surface area contributed by atoms with Gasteiger partial charge in [0.05, 0.1) is 13.0 Å². The molecule has 4 N–H and O–H groups in total. The molecule has 0 aromatic heterocycles. The predicted octanol–water partition coefficient (Wildman–Crippen LogP) is -0.806. The Morgan fingerprint density at radius 1 is 0.913 bits per heavy atom. The van der Waals surface area contributed by atoms with Crippen LogP contribution in [0.1, 0.15) is 12.8 Å². The molecule has 23 heavy (non-hydrogen) atoms. The van der Waals surface area contributed by atoms with E-state index in [4.69, 9.17) is 9.84 Å². The number of amides is 3. The Morgan fingerprint density at radius 3 is 2.22 bits per heavy atom. The lowest BCUT2D eigenvalue weighted by molar-refractivity contribution is -0.139. The number of ether oxygens (including phenoxy) is 1. The van der Waals surface area contributed by atoms with Gasteiger partial charge >= 0.3 is 5.97 Å². The molecule has 0 heterocycles. The number of carboxylic acids is 1. The summed E-state index contributed by atoms with van der Waals surface area (Å²) in [6.45, 7) is -0.599. The largest absolute Gasteiger partial charge is 0.484 e. The van der Waals surface area contributed by atoms with Crippen molar-refractivity contribution in [3.63, 3.8) is 0 Å². The fourth-order valence-electron chi connectivity index (χ4n) is 1.36. The zero-order valence-electron chi connectivity index (χ0n) is 12.2. The predicted molar refractivity (Wildman–Crippen MR) is 78.1 cm³/mol. The van der Waals surface area contributed by atoms with Crippen LogP contribution in [0.5, 0.6) is 5.75 Å². The normalized spacial score (nSPS) is 9.57. The summed E-state index contributed by atoms with van der Waals surface area (Å²) in [4.78, 5) is 44.2. The van der Waals surface area contributed by atoms with Crippen LogP contribution in [0, 0.1) is 0 Å². The van der Waals surface area contributed by atoms with Crippen molar-refractivity contribution in [2.75, 3.05) is 13.2 Å². The second-order valence-corrected chi connectivity index (χ2v) is 4.37. The fraction of sp³-hybridized carbons (Fsp3) is 0.286. The maximum atomic E-state index is 11.5. The molecule has 9 heteroatoms. The molecule has 1 aromatic rings. The van der Waals surface area contributed by atoms with Crippen molar-refractivity contribution in [2.45, 2.75) is 12.8 Å². The van der Waals surface area contributed by atoms with Crippen LogP contribution in [-0.2, 0) is 19.2 Å². The number of hydrogen-bond donors (Lipinski definition) is 4. The van der Waals surface area contributed by atoms with Gasteiger partial charge < -0.3 is 15.2 Å². The highest BCUT2D eigenvalue weighted by Gasteiger charge is 2.08. The lowest BCUT2D eigenvalue weighted by Crippen LogP contribution is -2.47. The Hall–Kier alpha value is -3.10. The molecule has 0 atom stereocenters. The first-order valence-electron chi connectivity index (χ1n) is 6.71. The van der Waals surface area contributed by atoms with Gasteiger partial charge in [-0.25, -0.2) is 0 Å². The Bertz CT molecular complexity index is 561. The summed E-state index contributed by atoms with van der Waals surface area (Å²) in [5.74, 6) is -2.38. The quantitative estimate of drug-likeness (QED) is 0.463. The molecule has 0 saturated carbocycles. The number of carbonyl (C=O) groups is 4. The van der Waals surface area contributed by atoms with E-state index in [1.54, 1.807) is 24.3 Å². The highest BCUT2D eigenvalue weighted by molar-refractivity contribution is 5.87. The number of carboxylic acid groups (broad SMARTS) is 1. The molecular weight excluding hydrogens is 306 g/mol. The molecule has 0 radical (unpaired) electrons. The summed E-state index contributed by atoms with van der Waals surface area (Å²) < 4.78 is 5.18. The van der Waals surface area contributed by atoms with Gasteiger partial charge in [0.15, 0.2) is 6.61 Å². The van der Waals surface area contributed by atoms with E-state index >= 15 is 0 Å². The first-order chi connectivity index (χ1) is 11.0. The van der Waals surface area contributed by atoms with Crippen LogP contribution in [0.15, 0.2) is 30.3 Å². The Balaban J connectivity index is 2.14. The summed E-state index contributed by atoms with van der Waals surface area (Å²) >= 11 is 0. The van der Waals surface area contributed by atoms with Gasteiger partial charge in [-0.1, -0.05) is 18.2 Å². The Labute approximate surface area is 132 Å². The van der Waals surface area contributed by atoms with Gasteiger partial charge in [0, 0.05) is 6.42 Å². The van der Waals surface area contributed by atoms with Gasteiger partial charge in [-0.05, 0) is 12.1 Å². The van der Waals surface area contributed by atoms with E-state index in [1.165, 1.54) is 0 Å². The average Bonchev–Trinajstić information content (AvgIpc) is 2.55. The van der Waals surface area contributed by atoms with Gasteiger partial charge in [-0.2, -0.15) is 0 Å². The van der Waals surface area contributed by atoms with E-state index in [0.29, 0.717) is 5.75 Å². The van der Waals surface area contributed by atoms with Crippen LogP contribution in [-0.4, -0.2) is 41.9 Å². The molecule has 0 saturated heterocycles. The Morgan fingerprint density at radius 2 is 1.57 bits per heavy atom. The van der Waals surface area contributed by atoms with Crippen LogP contribution >= 0.6 is 0 Å². The smallest absolute Gasteiger partial charge is 0.303 e. The summed E-state index contributed by atoms with van der Waals surface area (Å²) in [6.07, 6.45) is -0.595. The third kappa shape index (κ3) is 8.71. The van der Waals surface area contributed by atoms with Gasteiger partial charge in [-0.3, -0.25) is 30.0 Å². The molecule has 0 aliphatic rings. The number of aliphatic carboxylic acids is 1. The molecule has 0 spiro atoms. The van der Waals surface area contributed by atoms with Crippen LogP contribution in [0.2, 0.25) is 0 Å². The fourth-order valence-corrected chi connectivity index (χ4v) is 1.36. The summed E-state index contributed by atoms with van der Waals surface area (Å²) in [5, 5.41) is 10.7. The maximum Gasteiger partial charge on any atom is 0.303 e. The summed E-state index contributed by atoms with van der Waals surface area (Å²) in [6, 6.07) is 8.70. The second-order valence-electron chi connectivity index (χ2n) is 4.37. The zero-order chi connectivity index (χ0) is 17.1. The SMILES string of the molecule is O=C(O)CCC(=O)NNC(=O)CNC(=O)COc1ccccc1. The van der Waals surface area contributed by atoms with Crippen molar-refractivity contribution >= 4 is 23.7 Å². The minimum Gasteiger partial charge on any atom is -0.484 e. The second kappa shape index (κ2) is 9.77. The molecule has 1 rings (SSSR count). The summed E-state index contributed by atoms with van der Waals surface area (Å²) in [7, 11) is 0. The molecule has 0 bridgehead atoms. The molecule has 1 aromatic carbocycles. The molecule has 0 aliphatic heterocycles. The minimum atomic E-state index is -1.11. The van der Waals surface area contributed by atoms with Crippen LogP contribution in [0.25, 0.3) is 0 Å². The van der Waals surface area contributed by atoms with Crippen LogP contribution < -0.4 is 20.9 Å². The highest BCUT2D eigenvalue weighted by Crippen LogP contribution is 2.07. The average molecular weight is 323 g/mol. The lowest BCUT2D eigenvalue weighted by Gasteiger charge is -2.09. The zero-order valence-corrected chi connectivity index (χ0v) is 12.2. The number of nitrogens with one attached hydrogen (secondary N) is 3. The van der Waals surface area contributed by atoms with Crippen molar-refractivity contribution < 1.29 is 29.0 Å². The first kappa shape index (κ1) is 18.0. The number of carbonyl (C=O) groups excluding carboxylic acids is 3. The highest BCUT2D eigenvalue weighted by atomic mass is 16.5. The molecule has 0 aliphatic carbocycles. The number of rotatable bonds is 8. The third-order valence-electron chi connectivity index (χ3n) is 2.47. The van der Waals surface area contributed by atoms with Gasteiger partial charge in [0.2, 0.25) is 5.91 Å². The first-order valence-corrected chi connectivity index (χ1v) is 6.71. The van der Waals surface area contributed by atoms with E-state index in [2.05, 4.69) is 5.32 Å². The minimum absolute atomic E-state index is 0.248. The molecule has 9 nitrogen and oxygen atoms in total. The van der Waals surface area contributed by atoms with Crippen LogP contribution in [0.3, 0.4) is 0 Å². The van der Waals surface area contributed by atoms with E-state index < -0.39 is 23.7 Å². The van der Waals surface area contributed by atoms with Crippen molar-refractivity contribution in [1.29, 1.82) is 0 Å². The van der Waals surface area contributed by atoms with E-state index in [0.717, 1.165) is 0 Å². The number of hydrazine groups is 1. The van der Waals surface area contributed by atoms with E-state index in [9.17, 15) is 19.2 Å². The topological polar surface area (TPSA) is 134 Å². The van der Waals surface area contributed by atoms with E-state index in [-0.39, 0.29) is 26.0 Å². The van der Waals surface area contributed by atoms with Gasteiger partial charge in [0.1, 0.15) is 5.75 Å². The molecule has 0 fully saturated rings. The number of hydrogen-bond acceptors (Lipinski definition) is 5. The number of benzene rings is 1. The number of para-hydroxylation sites is 1. The third-order valence-corrected chi connectivity index (χ3v) is 2.47. The molecule has 3 amide bonds. The van der Waals surface area contributed by atoms with Gasteiger partial charge in [0.25, 0.3) is 11.8 Å². The van der Waals surface area contributed by atoms with E-state index in [1.807, 2.05) is 16.9 Å². The molecule has 0 unspecified atom stereocenters. The monoisotopic (exact) mass is 323 g/mol. The van der Waals surface area contributed by atoms with Crippen molar-refractivity contribution in [3.05, 3.63) is 30.3 Å². The lowest BCUT2D eigenvalue weighted by atomic mass is 10.3. The van der Waals surface area contributed by atoms with Crippen molar-refractivity contribution in [2.24, 2.45) is 0 Å².